The molecule has 2 heterocycles. The van der Waals surface area contributed by atoms with Gasteiger partial charge in [0, 0.05) is 44.1 Å². The quantitative estimate of drug-likeness (QED) is 0.674. The van der Waals surface area contributed by atoms with Crippen molar-refractivity contribution in [2.24, 2.45) is 0 Å². The molecule has 168 valence electrons. The Balaban J connectivity index is 1.53. The zero-order valence-corrected chi connectivity index (χ0v) is 19.4. The number of sulfone groups is 1. The van der Waals surface area contributed by atoms with E-state index >= 15 is 0 Å². The van der Waals surface area contributed by atoms with Crippen molar-refractivity contribution in [3.05, 3.63) is 48.2 Å². The molecule has 1 N–H and O–H groups in total. The van der Waals surface area contributed by atoms with Gasteiger partial charge in [-0.3, -0.25) is 4.79 Å². The highest BCUT2D eigenvalue weighted by Gasteiger charge is 2.22. The zero-order valence-electron chi connectivity index (χ0n) is 18.5. The minimum Gasteiger partial charge on any atom is -0.371 e. The molecule has 0 atom stereocenters. The Labute approximate surface area is 185 Å². The number of rotatable bonds is 8. The van der Waals surface area contributed by atoms with Crippen molar-refractivity contribution in [3.8, 4) is 0 Å². The average molecular weight is 445 g/mol. The summed E-state index contributed by atoms with van der Waals surface area (Å²) in [4.78, 5) is 21.8. The van der Waals surface area contributed by atoms with E-state index in [0.717, 1.165) is 50.5 Å². The molecule has 2 aromatic rings. The van der Waals surface area contributed by atoms with Crippen LogP contribution < -0.4 is 15.1 Å². The molecule has 8 heteroatoms. The molecule has 31 heavy (non-hydrogen) atoms. The van der Waals surface area contributed by atoms with Gasteiger partial charge in [-0.05, 0) is 63.1 Å². The van der Waals surface area contributed by atoms with Crippen LogP contribution >= 0.6 is 0 Å². The highest BCUT2D eigenvalue weighted by Crippen LogP contribution is 2.23. The molecule has 0 saturated carbocycles. The second-order valence-corrected chi connectivity index (χ2v) is 9.99. The summed E-state index contributed by atoms with van der Waals surface area (Å²) in [5.74, 6) is 0.893. The summed E-state index contributed by atoms with van der Waals surface area (Å²) >= 11 is 0. The van der Waals surface area contributed by atoms with E-state index in [1.54, 1.807) is 25.3 Å². The first-order valence-electron chi connectivity index (χ1n) is 11.0. The molecule has 1 amide bonds. The third-order valence-electron chi connectivity index (χ3n) is 5.87. The van der Waals surface area contributed by atoms with E-state index in [-0.39, 0.29) is 17.7 Å². The number of piperidine rings is 1. The molecular formula is C23H32N4O3S. The Bertz CT molecular complexity index is 963. The number of carbonyl (C=O) groups is 1. The van der Waals surface area contributed by atoms with Crippen LogP contribution in [0.1, 0.15) is 44.0 Å². The summed E-state index contributed by atoms with van der Waals surface area (Å²) in [5, 5.41) is 3.12. The molecule has 0 bridgehead atoms. The molecule has 0 radical (unpaired) electrons. The number of nitrogens with one attached hydrogen (secondary N) is 1. The third-order valence-corrected chi connectivity index (χ3v) is 7.62. The monoisotopic (exact) mass is 444 g/mol. The van der Waals surface area contributed by atoms with Crippen LogP contribution in [-0.4, -0.2) is 57.3 Å². The summed E-state index contributed by atoms with van der Waals surface area (Å²) in [6.45, 7) is 9.19. The average Bonchev–Trinajstić information content (AvgIpc) is 2.81. The summed E-state index contributed by atoms with van der Waals surface area (Å²) < 4.78 is 23.9. The first-order valence-corrected chi connectivity index (χ1v) is 12.6. The van der Waals surface area contributed by atoms with Gasteiger partial charge in [-0.15, -0.1) is 0 Å². The fourth-order valence-corrected chi connectivity index (χ4v) is 4.72. The first kappa shape index (κ1) is 23.1. The van der Waals surface area contributed by atoms with E-state index < -0.39 is 9.84 Å². The van der Waals surface area contributed by atoms with Gasteiger partial charge in [-0.2, -0.15) is 0 Å². The van der Waals surface area contributed by atoms with Crippen LogP contribution in [0.3, 0.4) is 0 Å². The number of hydrogen-bond acceptors (Lipinski definition) is 6. The lowest BCUT2D eigenvalue weighted by molar-refractivity contribution is 0.0930. The van der Waals surface area contributed by atoms with E-state index in [4.69, 9.17) is 0 Å². The maximum atomic E-state index is 12.6. The van der Waals surface area contributed by atoms with E-state index in [9.17, 15) is 13.2 Å². The number of hydrogen-bond donors (Lipinski definition) is 1. The van der Waals surface area contributed by atoms with Crippen LogP contribution in [-0.2, 0) is 9.84 Å². The third kappa shape index (κ3) is 5.55. The first-order chi connectivity index (χ1) is 14.9. The van der Waals surface area contributed by atoms with Gasteiger partial charge in [0.1, 0.15) is 5.82 Å². The molecule has 7 nitrogen and oxygen atoms in total. The van der Waals surface area contributed by atoms with Crippen molar-refractivity contribution >= 4 is 27.2 Å². The summed E-state index contributed by atoms with van der Waals surface area (Å²) in [5.41, 5.74) is 1.59. The van der Waals surface area contributed by atoms with Gasteiger partial charge in [-0.1, -0.05) is 6.92 Å². The molecule has 1 saturated heterocycles. The van der Waals surface area contributed by atoms with Gasteiger partial charge < -0.3 is 15.1 Å². The Hall–Kier alpha value is -2.61. The highest BCUT2D eigenvalue weighted by atomic mass is 32.2. The molecule has 1 aromatic heterocycles. The van der Waals surface area contributed by atoms with Crippen molar-refractivity contribution in [2.45, 2.75) is 44.6 Å². The van der Waals surface area contributed by atoms with Gasteiger partial charge >= 0.3 is 0 Å². The predicted molar refractivity (Wildman–Crippen MR) is 125 cm³/mol. The molecule has 3 rings (SSSR count). The molecule has 0 aliphatic carbocycles. The Morgan fingerprint density at radius 2 is 1.71 bits per heavy atom. The number of nitrogens with zero attached hydrogens (tertiary/aromatic N) is 3. The van der Waals surface area contributed by atoms with Crippen molar-refractivity contribution < 1.29 is 13.2 Å². The number of pyridine rings is 1. The van der Waals surface area contributed by atoms with Gasteiger partial charge in [0.2, 0.25) is 0 Å². The van der Waals surface area contributed by atoms with Crippen LogP contribution in [0.5, 0.6) is 0 Å². The predicted octanol–water partition coefficient (Wildman–Crippen LogP) is 3.12. The summed E-state index contributed by atoms with van der Waals surface area (Å²) in [6.07, 6.45) is 3.32. The minimum atomic E-state index is -3.18. The fourth-order valence-electron chi connectivity index (χ4n) is 3.84. The van der Waals surface area contributed by atoms with Gasteiger partial charge in [0.25, 0.3) is 5.91 Å². The van der Waals surface area contributed by atoms with Crippen molar-refractivity contribution in [2.75, 3.05) is 41.7 Å². The molecule has 0 spiro atoms. The standard InChI is InChI=1S/C23H32N4O3S/c1-4-26(5-2)22-12-7-18(17-24-22)23(28)25-19-13-15-27(16-14-19)20-8-10-21(11-9-20)31(29,30)6-3/h7-12,17,19H,4-6,13-16H2,1-3H3,(H,25,28). The number of amides is 1. The number of carbonyl (C=O) groups excluding carboxylic acids is 1. The number of anilines is 2. The minimum absolute atomic E-state index is 0.0915. The van der Waals surface area contributed by atoms with Gasteiger partial charge in [0.05, 0.1) is 16.2 Å². The van der Waals surface area contributed by atoms with Crippen LogP contribution in [0.4, 0.5) is 11.5 Å². The van der Waals surface area contributed by atoms with Gasteiger partial charge in [0.15, 0.2) is 9.84 Å². The van der Waals surface area contributed by atoms with E-state index in [0.29, 0.717) is 10.5 Å². The lowest BCUT2D eigenvalue weighted by atomic mass is 10.0. The Morgan fingerprint density at radius 3 is 2.23 bits per heavy atom. The smallest absolute Gasteiger partial charge is 0.253 e. The van der Waals surface area contributed by atoms with Crippen molar-refractivity contribution in [1.82, 2.24) is 10.3 Å². The molecule has 0 unspecified atom stereocenters. The topological polar surface area (TPSA) is 82.6 Å². The number of aromatic nitrogens is 1. The van der Waals surface area contributed by atoms with Crippen LogP contribution in [0.2, 0.25) is 0 Å². The normalized spacial score (nSPS) is 15.0. The zero-order chi connectivity index (χ0) is 22.4. The molecular weight excluding hydrogens is 412 g/mol. The SMILES string of the molecule is CCN(CC)c1ccc(C(=O)NC2CCN(c3ccc(S(=O)(=O)CC)cc3)CC2)cn1. The van der Waals surface area contributed by atoms with E-state index in [2.05, 4.69) is 33.9 Å². The largest absolute Gasteiger partial charge is 0.371 e. The van der Waals surface area contributed by atoms with Crippen LogP contribution in [0.25, 0.3) is 0 Å². The Kier molecular flexibility index (Phi) is 7.54. The lowest BCUT2D eigenvalue weighted by Crippen LogP contribution is -2.44. The maximum Gasteiger partial charge on any atom is 0.253 e. The molecule has 1 aliphatic rings. The summed E-state index contributed by atoms with van der Waals surface area (Å²) in [7, 11) is -3.18. The second-order valence-electron chi connectivity index (χ2n) is 7.71. The summed E-state index contributed by atoms with van der Waals surface area (Å²) in [6, 6.07) is 10.9. The molecule has 1 fully saturated rings. The van der Waals surface area contributed by atoms with Gasteiger partial charge in [-0.25, -0.2) is 13.4 Å². The van der Waals surface area contributed by atoms with Crippen molar-refractivity contribution in [1.29, 1.82) is 0 Å². The second kappa shape index (κ2) is 10.1. The highest BCUT2D eigenvalue weighted by molar-refractivity contribution is 7.91. The maximum absolute atomic E-state index is 12.6. The van der Waals surface area contributed by atoms with Crippen molar-refractivity contribution in [3.63, 3.8) is 0 Å². The molecule has 1 aliphatic heterocycles. The van der Waals surface area contributed by atoms with E-state index in [1.807, 2.05) is 24.3 Å². The van der Waals surface area contributed by atoms with Crippen LogP contribution in [0.15, 0.2) is 47.5 Å². The van der Waals surface area contributed by atoms with E-state index in [1.165, 1.54) is 0 Å². The lowest BCUT2D eigenvalue weighted by Gasteiger charge is -2.34. The molecule has 1 aromatic carbocycles. The fraction of sp³-hybridized carbons (Fsp3) is 0.478. The Morgan fingerprint density at radius 1 is 1.06 bits per heavy atom. The number of benzene rings is 1. The van der Waals surface area contributed by atoms with Crippen LogP contribution in [0, 0.1) is 0 Å².